The van der Waals surface area contributed by atoms with Gasteiger partial charge in [-0.3, -0.25) is 9.88 Å². The van der Waals surface area contributed by atoms with Crippen LogP contribution in [0.1, 0.15) is 16.7 Å². The molecule has 1 aliphatic heterocycles. The van der Waals surface area contributed by atoms with Gasteiger partial charge in [-0.2, -0.15) is 0 Å². The summed E-state index contributed by atoms with van der Waals surface area (Å²) in [4.78, 5) is 11.8. The molecule has 32 heavy (non-hydrogen) atoms. The Balaban J connectivity index is 1.24. The average Bonchev–Trinajstić information content (AvgIpc) is 2.84. The van der Waals surface area contributed by atoms with Gasteiger partial charge in [0.15, 0.2) is 0 Å². The molecule has 0 amide bonds. The molecule has 6 heteroatoms. The number of hydrogen-bond acceptors (Lipinski definition) is 6. The van der Waals surface area contributed by atoms with E-state index in [2.05, 4.69) is 67.4 Å². The molecule has 0 bridgehead atoms. The fourth-order valence-corrected chi connectivity index (χ4v) is 4.64. The molecule has 2 N–H and O–H groups in total. The lowest BCUT2D eigenvalue weighted by atomic mass is 10.00. The van der Waals surface area contributed by atoms with Crippen molar-refractivity contribution in [2.24, 2.45) is 0 Å². The van der Waals surface area contributed by atoms with Crippen LogP contribution < -0.4 is 10.0 Å². The maximum Gasteiger partial charge on any atom is 0.133 e. The van der Waals surface area contributed by atoms with E-state index in [0.717, 1.165) is 60.6 Å². The molecule has 0 aliphatic carbocycles. The Labute approximate surface area is 193 Å². The van der Waals surface area contributed by atoms with Gasteiger partial charge in [-0.1, -0.05) is 42.3 Å². The van der Waals surface area contributed by atoms with Crippen molar-refractivity contribution in [1.82, 2.24) is 14.9 Å². The van der Waals surface area contributed by atoms with E-state index in [4.69, 9.17) is 0 Å². The first-order valence-electron chi connectivity index (χ1n) is 11.0. The maximum absolute atomic E-state index is 4.64. The number of fused-ring (bicyclic) bond motifs is 2. The summed E-state index contributed by atoms with van der Waals surface area (Å²) in [5, 5.41) is 4.64. The molecule has 4 aromatic rings. The van der Waals surface area contributed by atoms with Crippen LogP contribution in [0.15, 0.2) is 73.1 Å². The Bertz CT molecular complexity index is 1210. The second kappa shape index (κ2) is 9.59. The van der Waals surface area contributed by atoms with Crippen molar-refractivity contribution in [1.29, 1.82) is 0 Å². The largest absolute Gasteiger partial charge is 0.339 e. The van der Waals surface area contributed by atoms with Gasteiger partial charge in [-0.25, -0.2) is 4.98 Å². The quantitative estimate of drug-likeness (QED) is 0.361. The van der Waals surface area contributed by atoms with Crippen LogP contribution in [0.3, 0.4) is 0 Å². The second-order valence-electron chi connectivity index (χ2n) is 8.12. The van der Waals surface area contributed by atoms with Crippen LogP contribution in [0.2, 0.25) is 0 Å². The smallest absolute Gasteiger partial charge is 0.133 e. The Hall–Kier alpha value is -3.09. The monoisotopic (exact) mass is 441 g/mol. The Morgan fingerprint density at radius 3 is 2.75 bits per heavy atom. The highest BCUT2D eigenvalue weighted by atomic mass is 32.2. The molecule has 5 nitrogen and oxygen atoms in total. The van der Waals surface area contributed by atoms with Gasteiger partial charge in [-0.15, -0.1) is 0 Å². The number of anilines is 3. The van der Waals surface area contributed by atoms with Crippen LogP contribution in [0, 0.1) is 0 Å². The van der Waals surface area contributed by atoms with Crippen molar-refractivity contribution >= 4 is 40.0 Å². The molecule has 0 atom stereocenters. The van der Waals surface area contributed by atoms with Crippen LogP contribution in [0.25, 0.3) is 10.9 Å². The molecule has 162 valence electrons. The average molecular weight is 442 g/mol. The predicted octanol–water partition coefficient (Wildman–Crippen LogP) is 5.66. The Morgan fingerprint density at radius 1 is 1.00 bits per heavy atom. The van der Waals surface area contributed by atoms with Crippen molar-refractivity contribution in [3.63, 3.8) is 0 Å². The van der Waals surface area contributed by atoms with Gasteiger partial charge >= 0.3 is 0 Å². The maximum atomic E-state index is 4.64. The molecule has 2 aromatic carbocycles. The molecule has 0 radical (unpaired) electrons. The number of pyridine rings is 2. The molecule has 0 unspecified atom stereocenters. The fraction of sp³-hybridized carbons (Fsp3) is 0.231. The fourth-order valence-electron chi connectivity index (χ4n) is 4.27. The number of nitrogens with zero attached hydrogens (tertiary/aromatic N) is 3. The standard InChI is InChI=1S/C26H27N5S/c1-32-30-22-8-6-19(7-9-22)11-14-31-15-12-24-21(18-31)10-13-27-26(24)29-23-16-20-4-2-3-5-25(20)28-17-23/h2-10,13,16-17,30H,11-12,14-15,18H2,1H3,(H,27,29). The normalized spacial score (nSPS) is 13.7. The zero-order valence-corrected chi connectivity index (χ0v) is 19.0. The molecule has 0 saturated heterocycles. The molecular formula is C26H27N5S. The number of hydrogen-bond donors (Lipinski definition) is 2. The van der Waals surface area contributed by atoms with Gasteiger partial charge < -0.3 is 10.0 Å². The Morgan fingerprint density at radius 2 is 1.88 bits per heavy atom. The van der Waals surface area contributed by atoms with E-state index in [1.807, 2.05) is 36.8 Å². The van der Waals surface area contributed by atoms with Crippen molar-refractivity contribution in [3.05, 3.63) is 89.7 Å². The number of para-hydroxylation sites is 1. The first-order valence-corrected chi connectivity index (χ1v) is 12.2. The third kappa shape index (κ3) is 4.71. The van der Waals surface area contributed by atoms with Crippen LogP contribution in [0.4, 0.5) is 17.2 Å². The molecule has 0 fully saturated rings. The molecule has 2 aromatic heterocycles. The van der Waals surface area contributed by atoms with Gasteiger partial charge in [0.1, 0.15) is 5.82 Å². The number of aromatic nitrogens is 2. The lowest BCUT2D eigenvalue weighted by molar-refractivity contribution is 0.257. The number of rotatable bonds is 7. The highest BCUT2D eigenvalue weighted by Crippen LogP contribution is 2.27. The van der Waals surface area contributed by atoms with E-state index in [1.54, 1.807) is 11.9 Å². The first-order chi connectivity index (χ1) is 15.8. The van der Waals surface area contributed by atoms with E-state index in [1.165, 1.54) is 16.7 Å². The summed E-state index contributed by atoms with van der Waals surface area (Å²) in [6.07, 6.45) is 7.91. The first kappa shape index (κ1) is 20.8. The molecule has 1 aliphatic rings. The SMILES string of the molecule is CSNc1ccc(CCN2CCc3c(ccnc3Nc3cnc4ccccc4c3)C2)cc1. The third-order valence-corrected chi connectivity index (χ3v) is 6.41. The number of benzene rings is 2. The summed E-state index contributed by atoms with van der Waals surface area (Å²) in [5.41, 5.74) is 7.20. The van der Waals surface area contributed by atoms with E-state index in [-0.39, 0.29) is 0 Å². The predicted molar refractivity (Wildman–Crippen MR) is 136 cm³/mol. The van der Waals surface area contributed by atoms with Crippen LogP contribution in [-0.2, 0) is 19.4 Å². The van der Waals surface area contributed by atoms with Crippen LogP contribution in [-0.4, -0.2) is 34.2 Å². The van der Waals surface area contributed by atoms with E-state index in [0.29, 0.717) is 0 Å². The zero-order valence-electron chi connectivity index (χ0n) is 18.2. The topological polar surface area (TPSA) is 53.1 Å². The molecule has 5 rings (SSSR count). The van der Waals surface area contributed by atoms with Gasteiger partial charge in [0.2, 0.25) is 0 Å². The lowest BCUT2D eigenvalue weighted by Crippen LogP contribution is -2.32. The van der Waals surface area contributed by atoms with E-state index < -0.39 is 0 Å². The summed E-state index contributed by atoms with van der Waals surface area (Å²) in [6, 6.07) is 21.2. The van der Waals surface area contributed by atoms with Crippen molar-refractivity contribution in [2.75, 3.05) is 29.4 Å². The van der Waals surface area contributed by atoms with Crippen molar-refractivity contribution < 1.29 is 0 Å². The van der Waals surface area contributed by atoms with Crippen LogP contribution in [0.5, 0.6) is 0 Å². The van der Waals surface area contributed by atoms with E-state index >= 15 is 0 Å². The van der Waals surface area contributed by atoms with Gasteiger partial charge in [-0.05, 0) is 54.3 Å². The van der Waals surface area contributed by atoms with Gasteiger partial charge in [0, 0.05) is 48.7 Å². The second-order valence-corrected chi connectivity index (χ2v) is 8.73. The third-order valence-electron chi connectivity index (χ3n) is 5.97. The summed E-state index contributed by atoms with van der Waals surface area (Å²) in [5.74, 6) is 0.955. The van der Waals surface area contributed by atoms with Crippen LogP contribution >= 0.6 is 11.9 Å². The highest BCUT2D eigenvalue weighted by Gasteiger charge is 2.19. The molecule has 0 saturated carbocycles. The molecule has 3 heterocycles. The van der Waals surface area contributed by atoms with E-state index in [9.17, 15) is 0 Å². The Kier molecular flexibility index (Phi) is 6.23. The van der Waals surface area contributed by atoms with Gasteiger partial charge in [0.25, 0.3) is 0 Å². The molecule has 0 spiro atoms. The van der Waals surface area contributed by atoms with Crippen molar-refractivity contribution in [2.45, 2.75) is 19.4 Å². The summed E-state index contributed by atoms with van der Waals surface area (Å²) in [6.45, 7) is 3.08. The summed E-state index contributed by atoms with van der Waals surface area (Å²) < 4.78 is 3.27. The zero-order chi connectivity index (χ0) is 21.8. The summed E-state index contributed by atoms with van der Waals surface area (Å²) >= 11 is 1.62. The highest BCUT2D eigenvalue weighted by molar-refractivity contribution is 7.99. The molecular weight excluding hydrogens is 414 g/mol. The minimum Gasteiger partial charge on any atom is -0.339 e. The lowest BCUT2D eigenvalue weighted by Gasteiger charge is -2.29. The minimum atomic E-state index is 0.955. The van der Waals surface area contributed by atoms with Crippen molar-refractivity contribution in [3.8, 4) is 0 Å². The summed E-state index contributed by atoms with van der Waals surface area (Å²) in [7, 11) is 0. The van der Waals surface area contributed by atoms with Gasteiger partial charge in [0.05, 0.1) is 17.4 Å². The number of nitrogens with one attached hydrogen (secondary N) is 2. The minimum absolute atomic E-state index is 0.955.